The average Bonchev–Trinajstić information content (AvgIpc) is 1.87. The van der Waals surface area contributed by atoms with Gasteiger partial charge in [-0.15, -0.1) is 0 Å². The van der Waals surface area contributed by atoms with Crippen LogP contribution in [0.5, 0.6) is 0 Å². The van der Waals surface area contributed by atoms with E-state index in [1.807, 2.05) is 0 Å². The third-order valence-corrected chi connectivity index (χ3v) is 2.55. The Morgan fingerprint density at radius 1 is 1.70 bits per heavy atom. The molecule has 3 nitrogen and oxygen atoms in total. The molecule has 0 fully saturated rings. The number of hydrogen-bond acceptors (Lipinski definition) is 3. The molecule has 0 aromatic heterocycles. The molecule has 0 amide bonds. The van der Waals surface area contributed by atoms with Crippen molar-refractivity contribution in [3.05, 3.63) is 0 Å². The summed E-state index contributed by atoms with van der Waals surface area (Å²) in [6, 6.07) is -0.439. The zero-order chi connectivity index (χ0) is 8.15. The summed E-state index contributed by atoms with van der Waals surface area (Å²) in [4.78, 5) is 15.4. The van der Waals surface area contributed by atoms with Gasteiger partial charge >= 0.3 is 0 Å². The number of hydrogen-bond donors (Lipinski definition) is 1. The van der Waals surface area contributed by atoms with Crippen molar-refractivity contribution >= 4 is 34.6 Å². The Labute approximate surface area is 70.3 Å². The van der Waals surface area contributed by atoms with Gasteiger partial charge in [0.25, 0.3) is 0 Å². The molecule has 0 saturated carbocycles. The van der Waals surface area contributed by atoms with E-state index in [1.165, 1.54) is 7.11 Å². The smallest absolute Gasteiger partial charge is 0.204 e. The average molecular weight is 204 g/mol. The first-order chi connectivity index (χ1) is 4.59. The van der Waals surface area contributed by atoms with Crippen molar-refractivity contribution in [2.75, 3.05) is 7.11 Å². The topological polar surface area (TPSA) is 38.3 Å². The molecular formula is C4H8Cl2NO2P. The van der Waals surface area contributed by atoms with E-state index >= 15 is 0 Å². The Balaban J connectivity index is 3.71. The highest BCUT2D eigenvalue weighted by Gasteiger charge is 2.19. The second-order valence-electron chi connectivity index (χ2n) is 1.61. The lowest BCUT2D eigenvalue weighted by atomic mass is 10.4. The fourth-order valence-corrected chi connectivity index (χ4v) is 1.60. The van der Waals surface area contributed by atoms with Crippen LogP contribution in [0.15, 0.2) is 0 Å². The molecule has 0 rings (SSSR count). The van der Waals surface area contributed by atoms with Gasteiger partial charge in [0.1, 0.15) is 0 Å². The van der Waals surface area contributed by atoms with Gasteiger partial charge in [-0.05, 0) is 6.92 Å². The number of carbonyl (C=O) groups excluding carboxylic acids is 1. The quantitative estimate of drug-likeness (QED) is 0.560. The van der Waals surface area contributed by atoms with Crippen LogP contribution in [0.25, 0.3) is 0 Å². The first kappa shape index (κ1) is 10.6. The van der Waals surface area contributed by atoms with E-state index in [-0.39, 0.29) is 5.52 Å². The minimum Gasteiger partial charge on any atom is -0.304 e. The van der Waals surface area contributed by atoms with Crippen molar-refractivity contribution in [2.24, 2.45) is 0 Å². The van der Waals surface area contributed by atoms with Crippen molar-refractivity contribution in [1.82, 2.24) is 5.48 Å². The number of rotatable bonds is 4. The zero-order valence-corrected chi connectivity index (χ0v) is 8.00. The summed E-state index contributed by atoms with van der Waals surface area (Å²) < 4.78 is 0. The molecule has 0 heterocycles. The Hall–Kier alpha value is 0.600. The van der Waals surface area contributed by atoms with Crippen molar-refractivity contribution in [3.63, 3.8) is 0 Å². The molecule has 0 spiro atoms. The first-order valence-electron chi connectivity index (χ1n) is 2.53. The molecule has 1 N–H and O–H groups in total. The number of nitrogens with one attached hydrogen (secondary N) is 1. The maximum absolute atomic E-state index is 10.9. The van der Waals surface area contributed by atoms with Gasteiger partial charge in [-0.3, -0.25) is 4.79 Å². The molecule has 0 aromatic rings. The molecule has 0 bridgehead atoms. The molecule has 0 saturated heterocycles. The fraction of sp³-hybridized carbons (Fsp3) is 0.750. The molecule has 0 aliphatic carbocycles. The largest absolute Gasteiger partial charge is 0.304 e. The molecule has 0 aliphatic heterocycles. The predicted molar refractivity (Wildman–Crippen MR) is 43.2 cm³/mol. The summed E-state index contributed by atoms with van der Waals surface area (Å²) in [6.45, 7) is 0.0813. The van der Waals surface area contributed by atoms with Crippen LogP contribution < -0.4 is 5.48 Å². The van der Waals surface area contributed by atoms with Gasteiger partial charge in [-0.25, -0.2) is 0 Å². The maximum Gasteiger partial charge on any atom is 0.204 e. The Morgan fingerprint density at radius 2 is 2.20 bits per heavy atom. The summed E-state index contributed by atoms with van der Waals surface area (Å²) in [5.74, 6) is 0. The number of halogens is 2. The number of carbonyl (C=O) groups is 1. The van der Waals surface area contributed by atoms with Gasteiger partial charge in [-0.1, -0.05) is 22.5 Å². The van der Waals surface area contributed by atoms with Crippen molar-refractivity contribution in [3.8, 4) is 0 Å². The Kier molecular flexibility index (Phi) is 5.59. The minimum absolute atomic E-state index is 0.236. The highest BCUT2D eigenvalue weighted by Crippen LogP contribution is 2.48. The van der Waals surface area contributed by atoms with Crippen LogP contribution in [0.4, 0.5) is 0 Å². The fourth-order valence-electron chi connectivity index (χ4n) is 0.374. The van der Waals surface area contributed by atoms with Crippen molar-refractivity contribution in [2.45, 2.75) is 13.0 Å². The molecular weight excluding hydrogens is 196 g/mol. The van der Waals surface area contributed by atoms with Gasteiger partial charge in [0.2, 0.25) is 5.52 Å². The molecule has 0 unspecified atom stereocenters. The van der Waals surface area contributed by atoms with Crippen LogP contribution in [0.1, 0.15) is 6.92 Å². The second kappa shape index (κ2) is 5.28. The molecule has 1 atom stereocenters. The zero-order valence-electron chi connectivity index (χ0n) is 5.60. The Bertz CT molecular complexity index is 122. The third-order valence-electron chi connectivity index (χ3n) is 0.832. The first-order valence-corrected chi connectivity index (χ1v) is 5.68. The normalized spacial score (nSPS) is 13.7. The molecule has 10 heavy (non-hydrogen) atoms. The maximum atomic E-state index is 10.9. The van der Waals surface area contributed by atoms with Gasteiger partial charge in [0, 0.05) is 0 Å². The van der Waals surface area contributed by atoms with Crippen LogP contribution >= 0.6 is 29.1 Å². The lowest BCUT2D eigenvalue weighted by Gasteiger charge is -2.09. The van der Waals surface area contributed by atoms with Crippen LogP contribution in [-0.2, 0) is 9.63 Å². The van der Waals surface area contributed by atoms with E-state index in [0.717, 1.165) is 0 Å². The molecule has 6 heteroatoms. The van der Waals surface area contributed by atoms with E-state index in [0.29, 0.717) is 0 Å². The highest BCUT2D eigenvalue weighted by molar-refractivity contribution is 8.14. The standard InChI is InChI=1S/C4H8Cl2NO2P/c1-3(7-9-2)4(8)10(5)6/h3,7H,1-2H3/t3-/m0/s1. The second-order valence-corrected chi connectivity index (χ2v) is 5.07. The Morgan fingerprint density at radius 3 is 2.50 bits per heavy atom. The SMILES string of the molecule is CON[C@@H](C)C(=O)P(Cl)Cl. The van der Waals surface area contributed by atoms with Gasteiger partial charge in [0.15, 0.2) is 6.63 Å². The van der Waals surface area contributed by atoms with E-state index in [9.17, 15) is 4.79 Å². The molecule has 0 aliphatic rings. The summed E-state index contributed by atoms with van der Waals surface area (Å²) in [5.41, 5.74) is 2.19. The van der Waals surface area contributed by atoms with Crippen LogP contribution in [0.3, 0.4) is 0 Å². The summed E-state index contributed by atoms with van der Waals surface area (Å²) in [7, 11) is 1.43. The lowest BCUT2D eigenvalue weighted by Crippen LogP contribution is -2.30. The monoisotopic (exact) mass is 203 g/mol. The van der Waals surface area contributed by atoms with Crippen molar-refractivity contribution < 1.29 is 9.63 Å². The van der Waals surface area contributed by atoms with Crippen LogP contribution in [0, 0.1) is 0 Å². The highest BCUT2D eigenvalue weighted by atomic mass is 35.9. The van der Waals surface area contributed by atoms with E-state index in [4.69, 9.17) is 22.5 Å². The third kappa shape index (κ3) is 3.69. The van der Waals surface area contributed by atoms with Gasteiger partial charge in [-0.2, -0.15) is 5.48 Å². The van der Waals surface area contributed by atoms with E-state index in [2.05, 4.69) is 10.3 Å². The summed E-state index contributed by atoms with van der Waals surface area (Å²) in [6.07, 6.45) is 0. The lowest BCUT2D eigenvalue weighted by molar-refractivity contribution is -0.115. The molecule has 0 aromatic carbocycles. The summed E-state index contributed by atoms with van der Waals surface area (Å²) >= 11 is 10.7. The summed E-state index contributed by atoms with van der Waals surface area (Å²) in [5, 5.41) is 0. The van der Waals surface area contributed by atoms with Crippen molar-refractivity contribution in [1.29, 1.82) is 0 Å². The van der Waals surface area contributed by atoms with Gasteiger partial charge in [0.05, 0.1) is 13.2 Å². The molecule has 0 radical (unpaired) electrons. The van der Waals surface area contributed by atoms with E-state index < -0.39 is 12.7 Å². The predicted octanol–water partition coefficient (Wildman–Crippen LogP) is 1.84. The van der Waals surface area contributed by atoms with Crippen LogP contribution in [-0.4, -0.2) is 18.7 Å². The molecule has 60 valence electrons. The minimum atomic E-state index is -1.55. The van der Waals surface area contributed by atoms with E-state index in [1.54, 1.807) is 6.92 Å². The van der Waals surface area contributed by atoms with Gasteiger partial charge < -0.3 is 4.84 Å². The number of hydroxylamine groups is 1. The van der Waals surface area contributed by atoms with Crippen LogP contribution in [0.2, 0.25) is 0 Å².